The molecule has 0 spiro atoms. The minimum atomic E-state index is -2.91. The number of rotatable bonds is 9. The van der Waals surface area contributed by atoms with Gasteiger partial charge in [-0.25, -0.2) is 0 Å². The predicted molar refractivity (Wildman–Crippen MR) is 110 cm³/mol. The molecule has 1 N–H and O–H groups in total. The first-order valence-corrected chi connectivity index (χ1v) is 10.4. The highest BCUT2D eigenvalue weighted by molar-refractivity contribution is 7.71. The van der Waals surface area contributed by atoms with Gasteiger partial charge in [0.15, 0.2) is 17.3 Å². The molecule has 0 unspecified atom stereocenters. The topological polar surface area (TPSA) is 64.4 Å². The van der Waals surface area contributed by atoms with E-state index in [1.54, 1.807) is 29.9 Å². The SMILES string of the molecule is CCOc1cc(/C=N\n2c(CCC3CCCCC3)n[nH]c2=S)ccc1OC(F)F. The third-order valence-electron chi connectivity index (χ3n) is 5.02. The first kappa shape index (κ1) is 21.4. The molecule has 9 heteroatoms. The summed E-state index contributed by atoms with van der Waals surface area (Å²) < 4.78 is 37.0. The second kappa shape index (κ2) is 10.5. The summed E-state index contributed by atoms with van der Waals surface area (Å²) in [5.41, 5.74) is 0.677. The van der Waals surface area contributed by atoms with Gasteiger partial charge in [-0.15, -0.1) is 0 Å². The van der Waals surface area contributed by atoms with Crippen LogP contribution in [-0.4, -0.2) is 34.3 Å². The quantitative estimate of drug-likeness (QED) is 0.436. The Kier molecular flexibility index (Phi) is 7.74. The molecule has 1 heterocycles. The Morgan fingerprint density at radius 1 is 1.31 bits per heavy atom. The van der Waals surface area contributed by atoms with E-state index in [4.69, 9.17) is 17.0 Å². The second-order valence-electron chi connectivity index (χ2n) is 7.06. The summed E-state index contributed by atoms with van der Waals surface area (Å²) in [4.78, 5) is 0. The number of hydrogen-bond donors (Lipinski definition) is 1. The molecule has 29 heavy (non-hydrogen) atoms. The molecule has 0 aliphatic heterocycles. The first-order chi connectivity index (χ1) is 14.1. The number of halogens is 2. The van der Waals surface area contributed by atoms with Crippen molar-refractivity contribution in [3.63, 3.8) is 0 Å². The van der Waals surface area contributed by atoms with Crippen LogP contribution < -0.4 is 9.47 Å². The van der Waals surface area contributed by atoms with Crippen molar-refractivity contribution >= 4 is 18.4 Å². The van der Waals surface area contributed by atoms with Gasteiger partial charge in [-0.05, 0) is 55.2 Å². The highest BCUT2D eigenvalue weighted by Gasteiger charge is 2.15. The number of aromatic amines is 1. The number of H-pyrrole nitrogens is 1. The zero-order valence-corrected chi connectivity index (χ0v) is 17.3. The van der Waals surface area contributed by atoms with Crippen molar-refractivity contribution in [2.24, 2.45) is 11.0 Å². The first-order valence-electron chi connectivity index (χ1n) is 9.99. The summed E-state index contributed by atoms with van der Waals surface area (Å²) in [6.07, 6.45) is 9.99. The molecule has 2 aromatic rings. The van der Waals surface area contributed by atoms with E-state index in [2.05, 4.69) is 20.0 Å². The van der Waals surface area contributed by atoms with E-state index in [0.717, 1.165) is 24.6 Å². The maximum Gasteiger partial charge on any atom is 0.387 e. The van der Waals surface area contributed by atoms with Gasteiger partial charge in [0, 0.05) is 6.42 Å². The molecule has 1 aromatic carbocycles. The van der Waals surface area contributed by atoms with Crippen LogP contribution in [0.15, 0.2) is 23.3 Å². The fraction of sp³-hybridized carbons (Fsp3) is 0.550. The van der Waals surface area contributed by atoms with Gasteiger partial charge >= 0.3 is 6.61 Å². The summed E-state index contributed by atoms with van der Waals surface area (Å²) in [6, 6.07) is 4.68. The summed E-state index contributed by atoms with van der Waals surface area (Å²) in [6.45, 7) is -0.807. The largest absolute Gasteiger partial charge is 0.490 e. The van der Waals surface area contributed by atoms with Gasteiger partial charge in [-0.1, -0.05) is 32.1 Å². The van der Waals surface area contributed by atoms with Crippen molar-refractivity contribution in [1.82, 2.24) is 14.9 Å². The van der Waals surface area contributed by atoms with Crippen LogP contribution in [0.5, 0.6) is 11.5 Å². The number of aromatic nitrogens is 3. The predicted octanol–water partition coefficient (Wildman–Crippen LogP) is 5.34. The van der Waals surface area contributed by atoms with Gasteiger partial charge in [-0.2, -0.15) is 23.7 Å². The van der Waals surface area contributed by atoms with Gasteiger partial charge in [-0.3, -0.25) is 5.10 Å². The minimum absolute atomic E-state index is 0.00732. The Hall–Kier alpha value is -2.29. The van der Waals surface area contributed by atoms with Crippen LogP contribution in [0, 0.1) is 10.7 Å². The standard InChI is InChI=1S/C20H26F2N4O2S/c1-2-27-17-12-15(8-10-16(17)28-19(21)22)13-23-26-18(24-25-20(26)29)11-9-14-6-4-3-5-7-14/h8,10,12-14,19H,2-7,9,11H2,1H3,(H,25,29)/b23-13-. The fourth-order valence-corrected chi connectivity index (χ4v) is 3.80. The van der Waals surface area contributed by atoms with E-state index in [0.29, 0.717) is 16.9 Å². The lowest BCUT2D eigenvalue weighted by Gasteiger charge is -2.20. The van der Waals surface area contributed by atoms with E-state index < -0.39 is 6.61 Å². The number of benzene rings is 1. The van der Waals surface area contributed by atoms with Crippen molar-refractivity contribution in [2.75, 3.05) is 6.61 Å². The third kappa shape index (κ3) is 6.09. The molecule has 1 aromatic heterocycles. The van der Waals surface area contributed by atoms with Crippen LogP contribution in [0.2, 0.25) is 0 Å². The van der Waals surface area contributed by atoms with E-state index in [1.165, 1.54) is 38.2 Å². The average molecular weight is 425 g/mol. The molecule has 0 amide bonds. The maximum atomic E-state index is 12.5. The van der Waals surface area contributed by atoms with Gasteiger partial charge in [0.05, 0.1) is 12.8 Å². The van der Waals surface area contributed by atoms with Crippen molar-refractivity contribution in [1.29, 1.82) is 0 Å². The number of nitrogens with one attached hydrogen (secondary N) is 1. The second-order valence-corrected chi connectivity index (χ2v) is 7.45. The van der Waals surface area contributed by atoms with Gasteiger partial charge in [0.25, 0.3) is 0 Å². The Morgan fingerprint density at radius 2 is 2.10 bits per heavy atom. The average Bonchev–Trinajstić information content (AvgIpc) is 3.06. The zero-order chi connectivity index (χ0) is 20.6. The summed E-state index contributed by atoms with van der Waals surface area (Å²) in [5, 5.41) is 11.5. The van der Waals surface area contributed by atoms with Crippen LogP contribution in [-0.2, 0) is 6.42 Å². The Morgan fingerprint density at radius 3 is 2.83 bits per heavy atom. The zero-order valence-electron chi connectivity index (χ0n) is 16.4. The Labute approximate surface area is 173 Å². The molecule has 1 aliphatic carbocycles. The molecule has 1 fully saturated rings. The van der Waals surface area contributed by atoms with Crippen LogP contribution >= 0.6 is 12.2 Å². The van der Waals surface area contributed by atoms with Crippen molar-refractivity contribution in [2.45, 2.75) is 58.5 Å². The number of ether oxygens (including phenoxy) is 2. The highest BCUT2D eigenvalue weighted by atomic mass is 32.1. The third-order valence-corrected chi connectivity index (χ3v) is 5.29. The monoisotopic (exact) mass is 424 g/mol. The molecule has 0 radical (unpaired) electrons. The lowest BCUT2D eigenvalue weighted by atomic mass is 9.86. The van der Waals surface area contributed by atoms with Crippen LogP contribution in [0.25, 0.3) is 0 Å². The molecular weight excluding hydrogens is 398 g/mol. The molecule has 0 atom stereocenters. The number of hydrogen-bond acceptors (Lipinski definition) is 5. The number of aryl methyl sites for hydroxylation is 1. The molecule has 1 saturated carbocycles. The van der Waals surface area contributed by atoms with E-state index in [9.17, 15) is 8.78 Å². The van der Waals surface area contributed by atoms with Gasteiger partial charge in [0.2, 0.25) is 4.77 Å². The number of nitrogens with zero attached hydrogens (tertiary/aromatic N) is 3. The van der Waals surface area contributed by atoms with Crippen LogP contribution in [0.1, 0.15) is 56.8 Å². The molecule has 158 valence electrons. The van der Waals surface area contributed by atoms with Crippen LogP contribution in [0.4, 0.5) is 8.78 Å². The molecular formula is C20H26F2N4O2S. The van der Waals surface area contributed by atoms with Crippen LogP contribution in [0.3, 0.4) is 0 Å². The van der Waals surface area contributed by atoms with E-state index >= 15 is 0 Å². The Bertz CT molecular complexity index is 876. The van der Waals surface area contributed by atoms with E-state index in [1.807, 2.05) is 0 Å². The normalized spacial score (nSPS) is 15.3. The van der Waals surface area contributed by atoms with E-state index in [-0.39, 0.29) is 11.5 Å². The van der Waals surface area contributed by atoms with Gasteiger partial charge in [0.1, 0.15) is 0 Å². The summed E-state index contributed by atoms with van der Waals surface area (Å²) in [7, 11) is 0. The molecule has 1 aliphatic rings. The van der Waals surface area contributed by atoms with Crippen molar-refractivity contribution < 1.29 is 18.3 Å². The molecule has 0 bridgehead atoms. The summed E-state index contributed by atoms with van der Waals surface area (Å²) in [5.74, 6) is 1.76. The minimum Gasteiger partial charge on any atom is -0.490 e. The maximum absolute atomic E-state index is 12.5. The number of alkyl halides is 2. The Balaban J connectivity index is 1.73. The molecule has 0 saturated heterocycles. The lowest BCUT2D eigenvalue weighted by Crippen LogP contribution is -2.09. The van der Waals surface area contributed by atoms with Gasteiger partial charge < -0.3 is 9.47 Å². The lowest BCUT2D eigenvalue weighted by molar-refractivity contribution is -0.0514. The summed E-state index contributed by atoms with van der Waals surface area (Å²) >= 11 is 5.30. The van der Waals surface area contributed by atoms with Crippen molar-refractivity contribution in [3.8, 4) is 11.5 Å². The highest BCUT2D eigenvalue weighted by Crippen LogP contribution is 2.30. The molecule has 6 nitrogen and oxygen atoms in total. The van der Waals surface area contributed by atoms with Crippen molar-refractivity contribution in [3.05, 3.63) is 34.4 Å². The molecule has 3 rings (SSSR count). The smallest absolute Gasteiger partial charge is 0.387 e. The fourth-order valence-electron chi connectivity index (χ4n) is 3.61.